The van der Waals surface area contributed by atoms with Gasteiger partial charge in [0.2, 0.25) is 0 Å². The van der Waals surface area contributed by atoms with Gasteiger partial charge in [-0.25, -0.2) is 4.98 Å². The van der Waals surface area contributed by atoms with E-state index < -0.39 is 0 Å². The van der Waals surface area contributed by atoms with Crippen molar-refractivity contribution >= 4 is 21.7 Å². The zero-order valence-corrected chi connectivity index (χ0v) is 19.4. The van der Waals surface area contributed by atoms with E-state index in [2.05, 4.69) is 4.98 Å². The first-order valence-electron chi connectivity index (χ1n) is 7.83. The fraction of sp³-hybridized carbons (Fsp3) is 0.316. The van der Waals surface area contributed by atoms with E-state index in [0.717, 1.165) is 16.1 Å². The third-order valence-corrected chi connectivity index (χ3v) is 4.58. The molecule has 0 saturated carbocycles. The van der Waals surface area contributed by atoms with Crippen LogP contribution in [0.2, 0.25) is 0 Å². The number of fused-ring (bicyclic) bond motifs is 1. The minimum absolute atomic E-state index is 0. The van der Waals surface area contributed by atoms with Crippen molar-refractivity contribution in [3.8, 4) is 16.9 Å². The maximum atomic E-state index is 12.8. The summed E-state index contributed by atoms with van der Waals surface area (Å²) in [5.41, 5.74) is 2.48. The minimum Gasteiger partial charge on any atom is -0.505 e. The largest absolute Gasteiger partial charge is 0.505 e. The van der Waals surface area contributed by atoms with Crippen molar-refractivity contribution in [2.24, 2.45) is 0 Å². The van der Waals surface area contributed by atoms with Gasteiger partial charge in [-0.15, -0.1) is 11.3 Å². The predicted molar refractivity (Wildman–Crippen MR) is 104 cm³/mol. The monoisotopic (exact) mass is 434 g/mol. The number of rotatable bonds is 2. The molecule has 6 heteroatoms. The molecule has 133 valence electrons. The van der Waals surface area contributed by atoms with Gasteiger partial charge in [0.25, 0.3) is 5.56 Å². The topological polar surface area (TPSA) is 55.1 Å². The van der Waals surface area contributed by atoms with Crippen LogP contribution < -0.4 is 5.56 Å². The van der Waals surface area contributed by atoms with Crippen LogP contribution in [0, 0.1) is 21.3 Å². The molecule has 3 aromatic rings. The Kier molecular flexibility index (Phi) is 9.77. The average Bonchev–Trinajstić information content (AvgIpc) is 2.93. The number of pyridine rings is 1. The number of aromatic nitrogens is 2. The molecular formula is C19H25N2O2SY-. The Morgan fingerprint density at radius 1 is 1.20 bits per heavy atom. The normalized spacial score (nSPS) is 9.64. The molecule has 0 aliphatic heterocycles. The van der Waals surface area contributed by atoms with Gasteiger partial charge in [0.05, 0.1) is 10.6 Å². The van der Waals surface area contributed by atoms with E-state index in [1.165, 1.54) is 11.3 Å². The molecule has 1 aromatic carbocycles. The standard InChI is InChI=1S/C16H16N2O2S.C2H6.CH3.Y/c1-4-18-15-14(21-10(3)17-15)13(19)12(16(18)20)11-8-6-5-7-9(11)2;1-2;;/h5-8,19H,4H2,1-3H3;1-2H3;1H3;/q;;-1;. The molecule has 0 unspecified atom stereocenters. The molecule has 0 bridgehead atoms. The predicted octanol–water partition coefficient (Wildman–Crippen LogP) is 4.94. The Bertz CT molecular complexity index is 900. The average molecular weight is 434 g/mol. The minimum atomic E-state index is -0.192. The zero-order chi connectivity index (χ0) is 17.1. The van der Waals surface area contributed by atoms with Crippen molar-refractivity contribution in [3.63, 3.8) is 0 Å². The molecule has 0 atom stereocenters. The van der Waals surface area contributed by atoms with Crippen molar-refractivity contribution in [1.29, 1.82) is 0 Å². The second-order valence-electron chi connectivity index (χ2n) is 4.97. The Balaban J connectivity index is 0.00000139. The second kappa shape index (κ2) is 10.2. The van der Waals surface area contributed by atoms with E-state index in [1.54, 1.807) is 4.57 Å². The Hall–Kier alpha value is -1.04. The number of thiazole rings is 1. The smallest absolute Gasteiger partial charge is 0.263 e. The summed E-state index contributed by atoms with van der Waals surface area (Å²) in [7, 11) is 0. The molecule has 0 fully saturated rings. The van der Waals surface area contributed by atoms with Gasteiger partial charge < -0.3 is 12.5 Å². The molecule has 4 nitrogen and oxygen atoms in total. The third-order valence-electron chi connectivity index (χ3n) is 3.61. The molecule has 25 heavy (non-hydrogen) atoms. The van der Waals surface area contributed by atoms with Gasteiger partial charge in [-0.05, 0) is 31.9 Å². The summed E-state index contributed by atoms with van der Waals surface area (Å²) in [4.78, 5) is 17.1. The van der Waals surface area contributed by atoms with Gasteiger partial charge in [-0.3, -0.25) is 9.36 Å². The van der Waals surface area contributed by atoms with Gasteiger partial charge in [-0.2, -0.15) is 0 Å². The molecule has 0 saturated heterocycles. The molecule has 2 aromatic heterocycles. The van der Waals surface area contributed by atoms with Crippen molar-refractivity contribution < 1.29 is 37.8 Å². The fourth-order valence-electron chi connectivity index (χ4n) is 2.59. The zero-order valence-electron chi connectivity index (χ0n) is 15.8. The van der Waals surface area contributed by atoms with Crippen molar-refractivity contribution in [3.05, 3.63) is 52.6 Å². The van der Waals surface area contributed by atoms with Crippen LogP contribution in [0.1, 0.15) is 31.3 Å². The van der Waals surface area contributed by atoms with E-state index >= 15 is 0 Å². The summed E-state index contributed by atoms with van der Waals surface area (Å²) in [6.45, 7) is 10.3. The van der Waals surface area contributed by atoms with Crippen LogP contribution in [0.4, 0.5) is 0 Å². The Morgan fingerprint density at radius 2 is 1.80 bits per heavy atom. The number of hydrogen-bond acceptors (Lipinski definition) is 4. The first-order chi connectivity index (χ1) is 11.0. The van der Waals surface area contributed by atoms with Crippen LogP contribution in [-0.4, -0.2) is 14.7 Å². The van der Waals surface area contributed by atoms with Crippen molar-refractivity contribution in [1.82, 2.24) is 9.55 Å². The number of benzene rings is 1. The third kappa shape index (κ3) is 4.39. The van der Waals surface area contributed by atoms with Gasteiger partial charge >= 0.3 is 0 Å². The quantitative estimate of drug-likeness (QED) is 0.582. The van der Waals surface area contributed by atoms with Crippen molar-refractivity contribution in [2.45, 2.75) is 41.2 Å². The van der Waals surface area contributed by atoms with E-state index in [0.29, 0.717) is 22.5 Å². The SMILES string of the molecule is CC.CCn1c(=O)c(-c2ccccc2C)c(O)c2sc(C)nc21.[CH3-].[Y]. The maximum Gasteiger partial charge on any atom is 0.263 e. The molecule has 0 spiro atoms. The van der Waals surface area contributed by atoms with E-state index in [9.17, 15) is 9.90 Å². The summed E-state index contributed by atoms with van der Waals surface area (Å²) in [5.74, 6) is 0.0413. The molecule has 2 heterocycles. The van der Waals surface area contributed by atoms with Crippen LogP contribution in [0.5, 0.6) is 5.75 Å². The summed E-state index contributed by atoms with van der Waals surface area (Å²) in [6.07, 6.45) is 0. The summed E-state index contributed by atoms with van der Waals surface area (Å²) in [6, 6.07) is 7.60. The first kappa shape index (κ1) is 24.0. The summed E-state index contributed by atoms with van der Waals surface area (Å²) < 4.78 is 2.30. The molecule has 0 aliphatic carbocycles. The van der Waals surface area contributed by atoms with Crippen LogP contribution >= 0.6 is 11.3 Å². The number of nitrogens with zero attached hydrogens (tertiary/aromatic N) is 2. The van der Waals surface area contributed by atoms with E-state index in [-0.39, 0.29) is 51.4 Å². The Labute approximate surface area is 178 Å². The molecular weight excluding hydrogens is 409 g/mol. The summed E-state index contributed by atoms with van der Waals surface area (Å²) in [5, 5.41) is 11.4. The maximum absolute atomic E-state index is 12.8. The number of hydrogen-bond donors (Lipinski definition) is 1. The molecule has 0 amide bonds. The molecule has 1 radical (unpaired) electrons. The van der Waals surface area contributed by atoms with Gasteiger partial charge in [-0.1, -0.05) is 38.1 Å². The van der Waals surface area contributed by atoms with Crippen LogP contribution in [0.25, 0.3) is 21.5 Å². The van der Waals surface area contributed by atoms with Gasteiger partial charge in [0.15, 0.2) is 5.65 Å². The van der Waals surface area contributed by atoms with Crippen LogP contribution in [-0.2, 0) is 39.3 Å². The first-order valence-corrected chi connectivity index (χ1v) is 8.65. The van der Waals surface area contributed by atoms with Crippen LogP contribution in [0.3, 0.4) is 0 Å². The Morgan fingerprint density at radius 3 is 2.36 bits per heavy atom. The van der Waals surface area contributed by atoms with E-state index in [1.807, 2.05) is 58.9 Å². The van der Waals surface area contributed by atoms with Crippen molar-refractivity contribution in [2.75, 3.05) is 0 Å². The molecule has 0 aliphatic rings. The summed E-state index contributed by atoms with van der Waals surface area (Å²) >= 11 is 1.41. The molecule has 1 N–H and O–H groups in total. The van der Waals surface area contributed by atoms with E-state index in [4.69, 9.17) is 0 Å². The number of aryl methyl sites for hydroxylation is 3. The number of aromatic hydroxyl groups is 1. The molecule has 3 rings (SSSR count). The van der Waals surface area contributed by atoms with Gasteiger partial charge in [0, 0.05) is 39.3 Å². The second-order valence-corrected chi connectivity index (χ2v) is 6.18. The van der Waals surface area contributed by atoms with Crippen LogP contribution in [0.15, 0.2) is 29.1 Å². The van der Waals surface area contributed by atoms with Gasteiger partial charge in [0.1, 0.15) is 10.4 Å². The fourth-order valence-corrected chi connectivity index (χ4v) is 3.46.